The smallest absolute Gasteiger partial charge is 0.233 e. The van der Waals surface area contributed by atoms with Gasteiger partial charge in [-0.1, -0.05) is 12.8 Å². The van der Waals surface area contributed by atoms with Gasteiger partial charge in [-0.15, -0.1) is 0 Å². The van der Waals surface area contributed by atoms with Gasteiger partial charge in [0.25, 0.3) is 0 Å². The number of amides is 2. The van der Waals surface area contributed by atoms with E-state index in [9.17, 15) is 9.59 Å². The summed E-state index contributed by atoms with van der Waals surface area (Å²) in [4.78, 5) is 26.7. The molecule has 0 aromatic carbocycles. The number of rotatable bonds is 7. The third-order valence-corrected chi connectivity index (χ3v) is 6.16. The van der Waals surface area contributed by atoms with Gasteiger partial charge in [0, 0.05) is 6.04 Å². The number of likely N-dealkylation sites (tertiary alicyclic amines) is 1. The van der Waals surface area contributed by atoms with Crippen molar-refractivity contribution in [2.24, 2.45) is 11.8 Å². The van der Waals surface area contributed by atoms with E-state index in [2.05, 4.69) is 27.8 Å². The van der Waals surface area contributed by atoms with E-state index in [4.69, 9.17) is 0 Å². The first-order valence-corrected chi connectivity index (χ1v) is 9.14. The van der Waals surface area contributed by atoms with E-state index in [0.717, 1.165) is 62.6 Å². The fourth-order valence-corrected chi connectivity index (χ4v) is 4.06. The van der Waals surface area contributed by atoms with E-state index in [1.807, 2.05) is 0 Å². The first-order valence-electron chi connectivity index (χ1n) is 9.14. The molecule has 0 bridgehead atoms. The molecule has 0 spiro atoms. The molecular formula is C18H33IN2O2. The Morgan fingerprint density at radius 3 is 2.00 bits per heavy atom. The average molecular weight is 436 g/mol. The third-order valence-electron chi connectivity index (χ3n) is 6.16. The summed E-state index contributed by atoms with van der Waals surface area (Å²) in [5.74, 6) is 0.225. The zero-order chi connectivity index (χ0) is 16.3. The van der Waals surface area contributed by atoms with Gasteiger partial charge in [-0.3, -0.25) is 14.5 Å². The normalized spacial score (nSPS) is 26.0. The highest BCUT2D eigenvalue weighted by atomic mass is 127. The number of halogens is 1. The van der Waals surface area contributed by atoms with Crippen molar-refractivity contribution in [3.8, 4) is 0 Å². The quantitative estimate of drug-likeness (QED) is 0.316. The highest BCUT2D eigenvalue weighted by Crippen LogP contribution is 2.39. The van der Waals surface area contributed by atoms with Crippen molar-refractivity contribution in [2.45, 2.75) is 65.3 Å². The molecule has 2 fully saturated rings. The molecule has 0 radical (unpaired) electrons. The van der Waals surface area contributed by atoms with Crippen LogP contribution in [0.15, 0.2) is 0 Å². The number of nitrogens with zero attached hydrogens (tertiary/aromatic N) is 2. The third kappa shape index (κ3) is 4.47. The zero-order valence-corrected chi connectivity index (χ0v) is 17.3. The van der Waals surface area contributed by atoms with Crippen LogP contribution in [0.5, 0.6) is 0 Å². The van der Waals surface area contributed by atoms with Crippen LogP contribution in [0.3, 0.4) is 0 Å². The molecule has 2 amide bonds. The van der Waals surface area contributed by atoms with Crippen LogP contribution >= 0.6 is 0 Å². The fraction of sp³-hybridized carbons (Fsp3) is 0.889. The summed E-state index contributed by atoms with van der Waals surface area (Å²) in [7, 11) is 2.28. The molecule has 2 aliphatic rings. The highest BCUT2D eigenvalue weighted by molar-refractivity contribution is 6.05. The lowest BCUT2D eigenvalue weighted by Crippen LogP contribution is -3.00. The van der Waals surface area contributed by atoms with Crippen LogP contribution in [0.1, 0.15) is 59.3 Å². The number of hydrogen-bond acceptors (Lipinski definition) is 2. The molecule has 2 rings (SSSR count). The number of carbonyl (C=O) groups excluding carboxylic acids is 2. The van der Waals surface area contributed by atoms with E-state index in [0.29, 0.717) is 0 Å². The lowest BCUT2D eigenvalue weighted by atomic mass is 9.81. The maximum atomic E-state index is 12.6. The van der Waals surface area contributed by atoms with Crippen LogP contribution in [0.4, 0.5) is 0 Å². The summed E-state index contributed by atoms with van der Waals surface area (Å²) < 4.78 is 1.07. The molecular weight excluding hydrogens is 403 g/mol. The molecule has 0 aromatic heterocycles. The molecule has 23 heavy (non-hydrogen) atoms. The first-order chi connectivity index (χ1) is 10.4. The Hall–Kier alpha value is -0.170. The summed E-state index contributed by atoms with van der Waals surface area (Å²) >= 11 is 0. The minimum atomic E-state index is -0.00368. The zero-order valence-electron chi connectivity index (χ0n) is 15.2. The van der Waals surface area contributed by atoms with Crippen molar-refractivity contribution in [3.63, 3.8) is 0 Å². The summed E-state index contributed by atoms with van der Waals surface area (Å²) in [6.45, 7) is 9.90. The maximum absolute atomic E-state index is 12.6. The Morgan fingerprint density at radius 1 is 1.09 bits per heavy atom. The minimum Gasteiger partial charge on any atom is -1.00 e. The van der Waals surface area contributed by atoms with E-state index >= 15 is 0 Å². The molecule has 0 aromatic rings. The molecule has 3 unspecified atom stereocenters. The molecule has 4 nitrogen and oxygen atoms in total. The molecule has 0 N–H and O–H groups in total. The van der Waals surface area contributed by atoms with E-state index < -0.39 is 0 Å². The topological polar surface area (TPSA) is 37.4 Å². The van der Waals surface area contributed by atoms with Crippen molar-refractivity contribution in [2.75, 3.05) is 26.7 Å². The maximum Gasteiger partial charge on any atom is 0.233 e. The largest absolute Gasteiger partial charge is 1.00 e. The minimum absolute atomic E-state index is 0. The SMILES string of the molecule is CC[N+](C)(CC)CCCC(C)N1C(=O)C2CCCCC2C1=O.[I-]. The Kier molecular flexibility index (Phi) is 7.98. The highest BCUT2D eigenvalue weighted by Gasteiger charge is 2.49. The van der Waals surface area contributed by atoms with Crippen molar-refractivity contribution in [1.29, 1.82) is 0 Å². The Balaban J connectivity index is 0.00000264. The number of fused-ring (bicyclic) bond motifs is 1. The van der Waals surface area contributed by atoms with Crippen LogP contribution in [-0.2, 0) is 9.59 Å². The van der Waals surface area contributed by atoms with Gasteiger partial charge in [0.1, 0.15) is 0 Å². The predicted molar refractivity (Wildman–Crippen MR) is 88.1 cm³/mol. The van der Waals surface area contributed by atoms with Crippen LogP contribution in [0.2, 0.25) is 0 Å². The number of imide groups is 1. The molecule has 5 heteroatoms. The van der Waals surface area contributed by atoms with Gasteiger partial charge in [0.05, 0.1) is 38.5 Å². The second-order valence-corrected chi connectivity index (χ2v) is 7.51. The Morgan fingerprint density at radius 2 is 1.57 bits per heavy atom. The van der Waals surface area contributed by atoms with Gasteiger partial charge in [-0.25, -0.2) is 0 Å². The lowest BCUT2D eigenvalue weighted by molar-refractivity contribution is -0.906. The van der Waals surface area contributed by atoms with E-state index in [1.54, 1.807) is 4.90 Å². The van der Waals surface area contributed by atoms with Gasteiger partial charge in [0.2, 0.25) is 11.8 Å². The van der Waals surface area contributed by atoms with Crippen molar-refractivity contribution in [1.82, 2.24) is 4.90 Å². The Bertz CT molecular complexity index is 399. The summed E-state index contributed by atoms with van der Waals surface area (Å²) in [5.41, 5.74) is 0. The second-order valence-electron chi connectivity index (χ2n) is 7.51. The van der Waals surface area contributed by atoms with Crippen molar-refractivity contribution in [3.05, 3.63) is 0 Å². The van der Waals surface area contributed by atoms with Crippen LogP contribution in [0.25, 0.3) is 0 Å². The molecule has 1 saturated heterocycles. The molecule has 1 heterocycles. The Labute approximate surface area is 158 Å². The molecule has 1 aliphatic carbocycles. The van der Waals surface area contributed by atoms with E-state index in [-0.39, 0.29) is 53.7 Å². The fourth-order valence-electron chi connectivity index (χ4n) is 4.06. The first kappa shape index (κ1) is 20.9. The summed E-state index contributed by atoms with van der Waals surface area (Å²) in [6.07, 6.45) is 6.05. The van der Waals surface area contributed by atoms with Crippen molar-refractivity contribution < 1.29 is 38.0 Å². The summed E-state index contributed by atoms with van der Waals surface area (Å²) in [5, 5.41) is 0. The number of hydrogen-bond donors (Lipinski definition) is 0. The van der Waals surface area contributed by atoms with Crippen molar-refractivity contribution >= 4 is 11.8 Å². The lowest BCUT2D eigenvalue weighted by Gasteiger charge is -2.33. The van der Waals surface area contributed by atoms with Crippen LogP contribution < -0.4 is 24.0 Å². The number of quaternary nitrogens is 1. The average Bonchev–Trinajstić information content (AvgIpc) is 2.79. The molecule has 1 saturated carbocycles. The van der Waals surface area contributed by atoms with Gasteiger partial charge >= 0.3 is 0 Å². The van der Waals surface area contributed by atoms with E-state index in [1.165, 1.54) is 0 Å². The monoisotopic (exact) mass is 436 g/mol. The second kappa shape index (κ2) is 8.79. The van der Waals surface area contributed by atoms with Gasteiger partial charge in [0.15, 0.2) is 0 Å². The molecule has 1 aliphatic heterocycles. The molecule has 3 atom stereocenters. The van der Waals surface area contributed by atoms with Gasteiger partial charge in [-0.2, -0.15) is 0 Å². The summed E-state index contributed by atoms with van der Waals surface area (Å²) in [6, 6.07) is 0.0627. The van der Waals surface area contributed by atoms with Gasteiger partial charge in [-0.05, 0) is 46.5 Å². The van der Waals surface area contributed by atoms with Gasteiger partial charge < -0.3 is 28.5 Å². The number of carbonyl (C=O) groups is 2. The van der Waals surface area contributed by atoms with Crippen LogP contribution in [-0.4, -0.2) is 53.9 Å². The predicted octanol–water partition coefficient (Wildman–Crippen LogP) is -0.179. The van der Waals surface area contributed by atoms with Crippen LogP contribution in [0, 0.1) is 11.8 Å². The molecule has 134 valence electrons. The standard InChI is InChI=1S/C18H33N2O2.HI/c1-5-20(4,6-2)13-9-10-14(3)19-17(21)15-11-7-8-12-16(15)18(19)22;/h14-16H,5-13H2,1-4H3;1H/q+1;/p-1.